The summed E-state index contributed by atoms with van der Waals surface area (Å²) in [5.74, 6) is 0.0760. The Labute approximate surface area is 188 Å². The topological polar surface area (TPSA) is 72.2 Å². The highest BCUT2D eigenvalue weighted by Gasteiger charge is 2.48. The summed E-state index contributed by atoms with van der Waals surface area (Å²) >= 11 is 0. The van der Waals surface area contributed by atoms with Crippen molar-refractivity contribution in [3.05, 3.63) is 99.6 Å². The zero-order valence-electron chi connectivity index (χ0n) is 18.3. The average Bonchev–Trinajstić information content (AvgIpc) is 3.11. The van der Waals surface area contributed by atoms with E-state index in [1.807, 2.05) is 36.4 Å². The molecule has 5 heteroatoms. The third-order valence-electron chi connectivity index (χ3n) is 6.40. The Morgan fingerprint density at radius 3 is 2.06 bits per heavy atom. The van der Waals surface area contributed by atoms with E-state index in [2.05, 4.69) is 36.5 Å². The fraction of sp³-hybridized carbons (Fsp3) is 0.296. The first-order valence-electron chi connectivity index (χ1n) is 11.3. The molecule has 0 saturated carbocycles. The minimum atomic E-state index is -0.683. The van der Waals surface area contributed by atoms with E-state index >= 15 is 0 Å². The van der Waals surface area contributed by atoms with Crippen molar-refractivity contribution in [3.8, 4) is 11.1 Å². The molecule has 3 aromatic rings. The van der Waals surface area contributed by atoms with Gasteiger partial charge in [0.15, 0.2) is 0 Å². The van der Waals surface area contributed by atoms with Crippen molar-refractivity contribution in [2.24, 2.45) is 0 Å². The van der Waals surface area contributed by atoms with Crippen LogP contribution in [0.1, 0.15) is 49.3 Å². The molecule has 0 fully saturated rings. The highest BCUT2D eigenvalue weighted by atomic mass is 16.6. The second kappa shape index (κ2) is 9.35. The molecule has 0 bridgehead atoms. The summed E-state index contributed by atoms with van der Waals surface area (Å²) in [6, 6.07) is 23.3. The normalized spacial score (nSPS) is 13.3. The fourth-order valence-corrected chi connectivity index (χ4v) is 4.85. The maximum atomic E-state index is 13.6. The van der Waals surface area contributed by atoms with Crippen LogP contribution in [0.25, 0.3) is 11.1 Å². The molecule has 4 rings (SSSR count). The number of aryl methyl sites for hydroxylation is 1. The van der Waals surface area contributed by atoms with Crippen molar-refractivity contribution in [2.45, 2.75) is 44.4 Å². The number of nitrogens with one attached hydrogen (secondary N) is 1. The van der Waals surface area contributed by atoms with E-state index in [4.69, 9.17) is 0 Å². The predicted molar refractivity (Wildman–Crippen MR) is 127 cm³/mol. The number of carbonyl (C=O) groups excluding carboxylic acids is 1. The molecule has 5 nitrogen and oxygen atoms in total. The lowest BCUT2D eigenvalue weighted by Gasteiger charge is -2.31. The summed E-state index contributed by atoms with van der Waals surface area (Å²) in [6.07, 6.45) is 4.23. The molecule has 1 N–H and O–H groups in total. The third-order valence-corrected chi connectivity index (χ3v) is 6.40. The van der Waals surface area contributed by atoms with Crippen LogP contribution in [0, 0.1) is 10.1 Å². The summed E-state index contributed by atoms with van der Waals surface area (Å²) in [4.78, 5) is 24.1. The number of benzene rings is 3. The molecule has 0 aliphatic heterocycles. The van der Waals surface area contributed by atoms with E-state index in [1.54, 1.807) is 12.1 Å². The van der Waals surface area contributed by atoms with Crippen molar-refractivity contribution in [1.82, 2.24) is 5.32 Å². The summed E-state index contributed by atoms with van der Waals surface area (Å²) in [5, 5.41) is 14.0. The molecule has 0 heterocycles. The molecule has 0 radical (unpaired) electrons. The standard InChI is InChI=1S/C27H28N2O3/c1-2-19-28-26(30)27(18-8-7-9-20-14-16-21(17-15-20)29(31)32)24-12-5-3-10-22(24)23-11-4-6-13-25(23)27/h3-6,10-17H,2,7-9,18-19H2,1H3,(H,28,30). The Hall–Kier alpha value is -3.47. The first-order valence-corrected chi connectivity index (χ1v) is 11.3. The van der Waals surface area contributed by atoms with Crippen LogP contribution in [0.5, 0.6) is 0 Å². The third kappa shape index (κ3) is 3.91. The molecular formula is C27H28N2O3. The van der Waals surface area contributed by atoms with Crippen LogP contribution < -0.4 is 5.32 Å². The molecule has 32 heavy (non-hydrogen) atoms. The quantitative estimate of drug-likeness (QED) is 0.266. The maximum absolute atomic E-state index is 13.6. The Morgan fingerprint density at radius 1 is 0.906 bits per heavy atom. The number of hydrogen-bond donors (Lipinski definition) is 1. The van der Waals surface area contributed by atoms with Gasteiger partial charge in [-0.1, -0.05) is 74.0 Å². The van der Waals surface area contributed by atoms with Crippen LogP contribution in [0.3, 0.4) is 0 Å². The Kier molecular flexibility index (Phi) is 6.35. The largest absolute Gasteiger partial charge is 0.355 e. The number of amides is 1. The number of nitro groups is 1. The number of carbonyl (C=O) groups is 1. The van der Waals surface area contributed by atoms with Crippen LogP contribution in [-0.2, 0) is 16.6 Å². The molecule has 164 valence electrons. The summed E-state index contributed by atoms with van der Waals surface area (Å²) in [7, 11) is 0. The molecule has 0 aromatic heterocycles. The highest BCUT2D eigenvalue weighted by Crippen LogP contribution is 2.51. The molecule has 1 aliphatic carbocycles. The Morgan fingerprint density at radius 2 is 1.50 bits per heavy atom. The van der Waals surface area contributed by atoms with Crippen LogP contribution in [-0.4, -0.2) is 17.4 Å². The van der Waals surface area contributed by atoms with Gasteiger partial charge in [-0.05, 0) is 53.5 Å². The lowest BCUT2D eigenvalue weighted by Crippen LogP contribution is -2.44. The Bertz CT molecular complexity index is 1080. The van der Waals surface area contributed by atoms with Crippen molar-refractivity contribution in [3.63, 3.8) is 0 Å². The van der Waals surface area contributed by atoms with E-state index in [9.17, 15) is 14.9 Å². The van der Waals surface area contributed by atoms with E-state index in [0.717, 1.165) is 59.9 Å². The van der Waals surface area contributed by atoms with Gasteiger partial charge in [-0.25, -0.2) is 0 Å². The number of rotatable bonds is 9. The second-order valence-corrected chi connectivity index (χ2v) is 8.38. The summed E-state index contributed by atoms with van der Waals surface area (Å²) in [6.45, 7) is 2.72. The molecule has 1 aliphatic rings. The zero-order chi connectivity index (χ0) is 22.6. The van der Waals surface area contributed by atoms with Crippen molar-refractivity contribution in [1.29, 1.82) is 0 Å². The van der Waals surface area contributed by atoms with Gasteiger partial charge >= 0.3 is 0 Å². The van der Waals surface area contributed by atoms with Crippen LogP contribution in [0.2, 0.25) is 0 Å². The molecular weight excluding hydrogens is 400 g/mol. The van der Waals surface area contributed by atoms with Gasteiger partial charge in [0.05, 0.1) is 4.92 Å². The minimum Gasteiger partial charge on any atom is -0.355 e. The number of unbranched alkanes of at least 4 members (excludes halogenated alkanes) is 1. The van der Waals surface area contributed by atoms with Gasteiger partial charge in [-0.2, -0.15) is 0 Å². The van der Waals surface area contributed by atoms with Gasteiger partial charge in [0.25, 0.3) is 5.69 Å². The predicted octanol–water partition coefficient (Wildman–Crippen LogP) is 5.80. The van der Waals surface area contributed by atoms with Gasteiger partial charge in [0.1, 0.15) is 5.41 Å². The monoisotopic (exact) mass is 428 g/mol. The molecule has 0 saturated heterocycles. The van der Waals surface area contributed by atoms with Crippen LogP contribution >= 0.6 is 0 Å². The summed E-state index contributed by atoms with van der Waals surface area (Å²) in [5.41, 5.74) is 4.97. The van der Waals surface area contributed by atoms with Gasteiger partial charge in [0, 0.05) is 18.7 Å². The maximum Gasteiger partial charge on any atom is 0.269 e. The highest BCUT2D eigenvalue weighted by molar-refractivity contribution is 6.00. The number of nitrogens with zero attached hydrogens (tertiary/aromatic N) is 1. The molecule has 0 spiro atoms. The van der Waals surface area contributed by atoms with E-state index in [-0.39, 0.29) is 16.5 Å². The second-order valence-electron chi connectivity index (χ2n) is 8.38. The lowest BCUT2D eigenvalue weighted by atomic mass is 9.73. The van der Waals surface area contributed by atoms with Gasteiger partial charge in [-0.3, -0.25) is 14.9 Å². The Balaban J connectivity index is 1.58. The number of non-ortho nitro benzene ring substituents is 1. The number of nitro benzene ring substituents is 1. The average molecular weight is 429 g/mol. The minimum absolute atomic E-state index is 0.0760. The molecule has 3 aromatic carbocycles. The summed E-state index contributed by atoms with van der Waals surface area (Å²) < 4.78 is 0. The first kappa shape index (κ1) is 21.8. The van der Waals surface area contributed by atoms with Gasteiger partial charge in [0.2, 0.25) is 5.91 Å². The first-order chi connectivity index (χ1) is 15.6. The van der Waals surface area contributed by atoms with Crippen LogP contribution in [0.4, 0.5) is 5.69 Å². The van der Waals surface area contributed by atoms with E-state index < -0.39 is 5.41 Å². The van der Waals surface area contributed by atoms with Crippen LogP contribution in [0.15, 0.2) is 72.8 Å². The van der Waals surface area contributed by atoms with Gasteiger partial charge < -0.3 is 5.32 Å². The molecule has 0 atom stereocenters. The van der Waals surface area contributed by atoms with Crippen molar-refractivity contribution >= 4 is 11.6 Å². The SMILES string of the molecule is CCCNC(=O)C1(CCCCc2ccc([N+](=O)[O-])cc2)c2ccccc2-c2ccccc21. The molecule has 0 unspecified atom stereocenters. The fourth-order valence-electron chi connectivity index (χ4n) is 4.85. The van der Waals surface area contributed by atoms with Gasteiger partial charge in [-0.15, -0.1) is 0 Å². The smallest absolute Gasteiger partial charge is 0.269 e. The van der Waals surface area contributed by atoms with E-state index in [0.29, 0.717) is 6.54 Å². The number of fused-ring (bicyclic) bond motifs is 3. The zero-order valence-corrected chi connectivity index (χ0v) is 18.3. The van der Waals surface area contributed by atoms with E-state index in [1.165, 1.54) is 0 Å². The van der Waals surface area contributed by atoms with Crippen molar-refractivity contribution < 1.29 is 9.72 Å². The lowest BCUT2D eigenvalue weighted by molar-refractivity contribution is -0.384. The molecule has 1 amide bonds. The van der Waals surface area contributed by atoms with Crippen molar-refractivity contribution in [2.75, 3.05) is 6.54 Å². The number of hydrogen-bond acceptors (Lipinski definition) is 3.